The van der Waals surface area contributed by atoms with Crippen LogP contribution in [0, 0.1) is 17.0 Å². The van der Waals surface area contributed by atoms with Crippen LogP contribution in [0.25, 0.3) is 0 Å². The number of nitrogens with zero attached hydrogens (tertiary/aromatic N) is 5. The fraction of sp³-hybridized carbons (Fsp3) is 0.412. The lowest BCUT2D eigenvalue weighted by Crippen LogP contribution is -2.49. The van der Waals surface area contributed by atoms with Gasteiger partial charge in [-0.05, 0) is 22.4 Å². The second-order valence-corrected chi connectivity index (χ2v) is 6.29. The molecule has 0 aliphatic carbocycles. The predicted octanol–water partition coefficient (Wildman–Crippen LogP) is 1.53. The second-order valence-electron chi connectivity index (χ2n) is 6.29. The Kier molecular flexibility index (Phi) is 4.69. The highest BCUT2D eigenvalue weighted by Gasteiger charge is 2.29. The van der Waals surface area contributed by atoms with Crippen LogP contribution in [0.1, 0.15) is 11.1 Å². The van der Waals surface area contributed by atoms with E-state index in [4.69, 9.17) is 0 Å². The molecule has 132 valence electrons. The van der Waals surface area contributed by atoms with Crippen molar-refractivity contribution < 1.29 is 9.72 Å². The van der Waals surface area contributed by atoms with Gasteiger partial charge in [-0.15, -0.1) is 0 Å². The van der Waals surface area contributed by atoms with E-state index in [-0.39, 0.29) is 11.7 Å². The van der Waals surface area contributed by atoms with E-state index >= 15 is 0 Å². The summed E-state index contributed by atoms with van der Waals surface area (Å²) in [6, 6.07) is 7.95. The highest BCUT2D eigenvalue weighted by molar-refractivity contribution is 5.79. The molecule has 1 aliphatic heterocycles. The van der Waals surface area contributed by atoms with Crippen LogP contribution >= 0.6 is 0 Å². The Morgan fingerprint density at radius 3 is 2.44 bits per heavy atom. The number of aromatic nitrogens is 2. The van der Waals surface area contributed by atoms with Crippen LogP contribution in [0.4, 0.5) is 11.6 Å². The third kappa shape index (κ3) is 3.62. The number of anilines is 1. The minimum Gasteiger partial charge on any atom is -0.358 e. The monoisotopic (exact) mass is 343 g/mol. The zero-order valence-electron chi connectivity index (χ0n) is 14.4. The lowest BCUT2D eigenvalue weighted by molar-refractivity contribution is -0.388. The number of hydrogen-bond donors (Lipinski definition) is 0. The molecule has 8 heteroatoms. The van der Waals surface area contributed by atoms with Crippen LogP contribution in [0.5, 0.6) is 0 Å². The summed E-state index contributed by atoms with van der Waals surface area (Å²) < 4.78 is 1.65. The van der Waals surface area contributed by atoms with Crippen molar-refractivity contribution in [1.82, 2.24) is 14.5 Å². The Balaban J connectivity index is 1.62. The summed E-state index contributed by atoms with van der Waals surface area (Å²) in [6.07, 6.45) is 1.83. The number of aryl methyl sites for hydroxylation is 2. The normalized spacial score (nSPS) is 14.6. The highest BCUT2D eigenvalue weighted by atomic mass is 16.6. The molecule has 1 amide bonds. The van der Waals surface area contributed by atoms with Crippen molar-refractivity contribution in [2.75, 3.05) is 31.1 Å². The third-order valence-electron chi connectivity index (χ3n) is 4.47. The van der Waals surface area contributed by atoms with Gasteiger partial charge < -0.3 is 19.9 Å². The van der Waals surface area contributed by atoms with Gasteiger partial charge in [0, 0.05) is 33.2 Å². The number of benzene rings is 1. The SMILES string of the molecule is Cc1ccc(CC(=O)N2CCN(c3c([N+](=O)[O-])ncn3C)CC2)cc1. The number of rotatable bonds is 4. The largest absolute Gasteiger partial charge is 0.406 e. The summed E-state index contributed by atoms with van der Waals surface area (Å²) in [5.74, 6) is 0.445. The van der Waals surface area contributed by atoms with E-state index in [1.54, 1.807) is 11.6 Å². The molecular formula is C17H21N5O3. The van der Waals surface area contributed by atoms with Gasteiger partial charge in [0.15, 0.2) is 0 Å². The molecule has 2 aromatic rings. The lowest BCUT2D eigenvalue weighted by atomic mass is 10.1. The van der Waals surface area contributed by atoms with Crippen LogP contribution in [-0.4, -0.2) is 51.5 Å². The molecule has 3 rings (SSSR count). The summed E-state index contributed by atoms with van der Waals surface area (Å²) in [4.78, 5) is 30.7. The van der Waals surface area contributed by atoms with Crippen LogP contribution in [0.2, 0.25) is 0 Å². The molecule has 0 spiro atoms. The molecule has 1 aromatic carbocycles. The van der Waals surface area contributed by atoms with Gasteiger partial charge in [-0.25, -0.2) is 0 Å². The molecule has 1 aromatic heterocycles. The number of hydrogen-bond acceptors (Lipinski definition) is 5. The lowest BCUT2D eigenvalue weighted by Gasteiger charge is -2.35. The van der Waals surface area contributed by atoms with Crippen LogP contribution in [0.15, 0.2) is 30.6 Å². The van der Waals surface area contributed by atoms with Gasteiger partial charge in [-0.3, -0.25) is 9.36 Å². The smallest absolute Gasteiger partial charge is 0.358 e. The Morgan fingerprint density at radius 1 is 1.20 bits per heavy atom. The quantitative estimate of drug-likeness (QED) is 0.621. The van der Waals surface area contributed by atoms with Crippen molar-refractivity contribution in [2.24, 2.45) is 7.05 Å². The molecule has 0 saturated carbocycles. The average Bonchev–Trinajstić information content (AvgIpc) is 2.99. The van der Waals surface area contributed by atoms with E-state index in [2.05, 4.69) is 4.98 Å². The van der Waals surface area contributed by atoms with E-state index in [1.165, 1.54) is 11.9 Å². The number of nitro groups is 1. The molecule has 0 N–H and O–H groups in total. The van der Waals surface area contributed by atoms with Gasteiger partial charge >= 0.3 is 5.82 Å². The first-order valence-electron chi connectivity index (χ1n) is 8.19. The maximum Gasteiger partial charge on any atom is 0.406 e. The summed E-state index contributed by atoms with van der Waals surface area (Å²) in [5.41, 5.74) is 2.17. The van der Waals surface area contributed by atoms with Crippen LogP contribution in [-0.2, 0) is 18.3 Å². The van der Waals surface area contributed by atoms with Crippen LogP contribution < -0.4 is 4.90 Å². The molecule has 8 nitrogen and oxygen atoms in total. The van der Waals surface area contributed by atoms with Gasteiger partial charge in [-0.1, -0.05) is 29.8 Å². The van der Waals surface area contributed by atoms with Gasteiger partial charge in [-0.2, -0.15) is 0 Å². The summed E-state index contributed by atoms with van der Waals surface area (Å²) in [5, 5.41) is 11.1. The van der Waals surface area contributed by atoms with Gasteiger partial charge in [0.2, 0.25) is 18.1 Å². The first-order chi connectivity index (χ1) is 12.0. The van der Waals surface area contributed by atoms with Crippen molar-refractivity contribution in [1.29, 1.82) is 0 Å². The molecule has 25 heavy (non-hydrogen) atoms. The molecule has 0 radical (unpaired) electrons. The van der Waals surface area contributed by atoms with E-state index in [1.807, 2.05) is 41.0 Å². The van der Waals surface area contributed by atoms with E-state index in [0.29, 0.717) is 38.4 Å². The Labute approximate surface area is 145 Å². The Morgan fingerprint density at radius 2 is 1.84 bits per heavy atom. The number of imidazole rings is 1. The zero-order valence-corrected chi connectivity index (χ0v) is 14.4. The molecule has 1 aliphatic rings. The van der Waals surface area contributed by atoms with Crippen molar-refractivity contribution >= 4 is 17.5 Å². The van der Waals surface area contributed by atoms with Crippen molar-refractivity contribution in [3.05, 3.63) is 51.8 Å². The number of amides is 1. The number of piperazine rings is 1. The molecule has 0 unspecified atom stereocenters. The second kappa shape index (κ2) is 6.92. The fourth-order valence-corrected chi connectivity index (χ4v) is 3.06. The highest BCUT2D eigenvalue weighted by Crippen LogP contribution is 2.26. The zero-order chi connectivity index (χ0) is 18.0. The summed E-state index contributed by atoms with van der Waals surface area (Å²) >= 11 is 0. The standard InChI is InChI=1S/C17H21N5O3/c1-13-3-5-14(6-4-13)11-15(23)20-7-9-21(10-8-20)17-16(22(24)25)18-12-19(17)2/h3-6,12H,7-11H2,1-2H3. The van der Waals surface area contributed by atoms with Gasteiger partial charge in [0.25, 0.3) is 0 Å². The number of carbonyl (C=O) groups excluding carboxylic acids is 1. The third-order valence-corrected chi connectivity index (χ3v) is 4.47. The fourth-order valence-electron chi connectivity index (χ4n) is 3.06. The van der Waals surface area contributed by atoms with Gasteiger partial charge in [0.1, 0.15) is 0 Å². The molecule has 0 bridgehead atoms. The number of carbonyl (C=O) groups is 1. The van der Waals surface area contributed by atoms with Crippen molar-refractivity contribution in [2.45, 2.75) is 13.3 Å². The first-order valence-corrected chi connectivity index (χ1v) is 8.19. The van der Waals surface area contributed by atoms with E-state index in [9.17, 15) is 14.9 Å². The topological polar surface area (TPSA) is 84.5 Å². The minimum absolute atomic E-state index is 0.0861. The molecule has 1 fully saturated rings. The summed E-state index contributed by atoms with van der Waals surface area (Å²) in [6.45, 7) is 4.22. The Hall–Kier alpha value is -2.90. The maximum atomic E-state index is 12.5. The maximum absolute atomic E-state index is 12.5. The Bertz CT molecular complexity index is 776. The molecular weight excluding hydrogens is 322 g/mol. The van der Waals surface area contributed by atoms with Crippen molar-refractivity contribution in [3.8, 4) is 0 Å². The molecule has 2 heterocycles. The van der Waals surface area contributed by atoms with E-state index in [0.717, 1.165) is 5.56 Å². The van der Waals surface area contributed by atoms with Crippen LogP contribution in [0.3, 0.4) is 0 Å². The van der Waals surface area contributed by atoms with Crippen molar-refractivity contribution in [3.63, 3.8) is 0 Å². The molecule has 0 atom stereocenters. The molecule has 1 saturated heterocycles. The average molecular weight is 343 g/mol. The van der Waals surface area contributed by atoms with E-state index < -0.39 is 4.92 Å². The minimum atomic E-state index is -0.468. The predicted molar refractivity (Wildman–Crippen MR) is 93.5 cm³/mol. The summed E-state index contributed by atoms with van der Waals surface area (Å²) in [7, 11) is 1.74. The van der Waals surface area contributed by atoms with Gasteiger partial charge in [0.05, 0.1) is 6.42 Å². The first kappa shape index (κ1) is 16.9.